The van der Waals surface area contributed by atoms with Gasteiger partial charge in [0.2, 0.25) is 0 Å². The largest absolute Gasteiger partial charge is 0.329 e. The fraction of sp³-hybridized carbons (Fsp3) is 1.00. The molecule has 1 atom stereocenters. The standard InChI is InChI=1S/C13H28N4O2S/c1-2-16(12-6-7-12)10-8-15-20(18,19)17-9-4-3-5-13(17)11-14/h12-13,15H,2-11,14H2,1H3. The highest BCUT2D eigenvalue weighted by Gasteiger charge is 2.32. The van der Waals surface area contributed by atoms with E-state index in [1.54, 1.807) is 4.31 Å². The normalized spacial score (nSPS) is 25.2. The van der Waals surface area contributed by atoms with E-state index >= 15 is 0 Å². The van der Waals surface area contributed by atoms with E-state index in [2.05, 4.69) is 16.5 Å². The molecule has 0 aromatic rings. The molecular formula is C13H28N4O2S. The molecule has 2 fully saturated rings. The molecule has 0 amide bonds. The van der Waals surface area contributed by atoms with Crippen molar-refractivity contribution in [3.63, 3.8) is 0 Å². The number of rotatable bonds is 8. The lowest BCUT2D eigenvalue weighted by molar-refractivity contribution is 0.250. The van der Waals surface area contributed by atoms with Crippen molar-refractivity contribution in [1.29, 1.82) is 0 Å². The van der Waals surface area contributed by atoms with Crippen LogP contribution in [0.25, 0.3) is 0 Å². The minimum Gasteiger partial charge on any atom is -0.329 e. The lowest BCUT2D eigenvalue weighted by Crippen LogP contribution is -2.52. The first kappa shape index (κ1) is 16.2. The van der Waals surface area contributed by atoms with Crippen LogP contribution in [0.1, 0.15) is 39.0 Å². The lowest BCUT2D eigenvalue weighted by atomic mass is 10.1. The summed E-state index contributed by atoms with van der Waals surface area (Å²) in [5.41, 5.74) is 5.69. The lowest BCUT2D eigenvalue weighted by Gasteiger charge is -2.34. The zero-order valence-corrected chi connectivity index (χ0v) is 13.2. The number of nitrogens with one attached hydrogen (secondary N) is 1. The van der Waals surface area contributed by atoms with Crippen LogP contribution in [-0.2, 0) is 10.2 Å². The van der Waals surface area contributed by atoms with E-state index in [9.17, 15) is 8.42 Å². The summed E-state index contributed by atoms with van der Waals surface area (Å²) in [5.74, 6) is 0. The van der Waals surface area contributed by atoms with Gasteiger partial charge in [-0.3, -0.25) is 4.90 Å². The van der Waals surface area contributed by atoms with Crippen molar-refractivity contribution in [2.75, 3.05) is 32.7 Å². The molecule has 0 bridgehead atoms. The van der Waals surface area contributed by atoms with Gasteiger partial charge in [0.1, 0.15) is 0 Å². The summed E-state index contributed by atoms with van der Waals surface area (Å²) in [6.07, 6.45) is 5.38. The van der Waals surface area contributed by atoms with Crippen molar-refractivity contribution in [1.82, 2.24) is 13.9 Å². The SMILES string of the molecule is CCN(CCNS(=O)(=O)N1CCCCC1CN)C1CC1. The van der Waals surface area contributed by atoms with Crippen LogP contribution in [-0.4, -0.2) is 62.4 Å². The van der Waals surface area contributed by atoms with Crippen LogP contribution < -0.4 is 10.5 Å². The van der Waals surface area contributed by atoms with Gasteiger partial charge in [-0.05, 0) is 32.2 Å². The molecule has 3 N–H and O–H groups in total. The highest BCUT2D eigenvalue weighted by atomic mass is 32.2. The fourth-order valence-electron chi connectivity index (χ4n) is 2.97. The Morgan fingerprint density at radius 1 is 1.30 bits per heavy atom. The van der Waals surface area contributed by atoms with Crippen LogP contribution in [0, 0.1) is 0 Å². The Balaban J connectivity index is 1.83. The van der Waals surface area contributed by atoms with E-state index in [0.717, 1.165) is 32.4 Å². The Labute approximate surface area is 122 Å². The molecule has 1 saturated heterocycles. The molecule has 6 nitrogen and oxygen atoms in total. The molecule has 1 unspecified atom stereocenters. The third-order valence-corrected chi connectivity index (χ3v) is 5.97. The third-order valence-electron chi connectivity index (χ3n) is 4.31. The molecule has 7 heteroatoms. The second-order valence-corrected chi connectivity index (χ2v) is 7.46. The van der Waals surface area contributed by atoms with Crippen molar-refractivity contribution in [2.24, 2.45) is 5.73 Å². The number of likely N-dealkylation sites (N-methyl/N-ethyl adjacent to an activating group) is 1. The second kappa shape index (κ2) is 7.17. The fourth-order valence-corrected chi connectivity index (χ4v) is 4.43. The maximum absolute atomic E-state index is 12.4. The molecule has 20 heavy (non-hydrogen) atoms. The zero-order chi connectivity index (χ0) is 14.6. The molecule has 1 saturated carbocycles. The molecule has 0 aromatic carbocycles. The minimum atomic E-state index is -3.38. The first-order valence-electron chi connectivity index (χ1n) is 7.79. The third kappa shape index (κ3) is 4.14. The van der Waals surface area contributed by atoms with Crippen LogP contribution in [0.3, 0.4) is 0 Å². The molecule has 1 aliphatic heterocycles. The Bertz CT molecular complexity index is 397. The first-order valence-corrected chi connectivity index (χ1v) is 9.23. The Morgan fingerprint density at radius 2 is 2.05 bits per heavy atom. The molecule has 118 valence electrons. The Hall–Kier alpha value is -0.210. The summed E-state index contributed by atoms with van der Waals surface area (Å²) in [5, 5.41) is 0. The van der Waals surface area contributed by atoms with Crippen LogP contribution >= 0.6 is 0 Å². The summed E-state index contributed by atoms with van der Waals surface area (Å²) in [4.78, 5) is 2.35. The summed E-state index contributed by atoms with van der Waals surface area (Å²) >= 11 is 0. The summed E-state index contributed by atoms with van der Waals surface area (Å²) < 4.78 is 29.0. The van der Waals surface area contributed by atoms with Crippen LogP contribution in [0.2, 0.25) is 0 Å². The predicted octanol–water partition coefficient (Wildman–Crippen LogP) is 0.118. The highest BCUT2D eigenvalue weighted by molar-refractivity contribution is 7.87. The van der Waals surface area contributed by atoms with Crippen molar-refractivity contribution in [3.05, 3.63) is 0 Å². The van der Waals surface area contributed by atoms with Crippen molar-refractivity contribution in [2.45, 2.75) is 51.1 Å². The predicted molar refractivity (Wildman–Crippen MR) is 80.6 cm³/mol. The molecular weight excluding hydrogens is 276 g/mol. The van der Waals surface area contributed by atoms with Gasteiger partial charge in [-0.15, -0.1) is 0 Å². The van der Waals surface area contributed by atoms with Gasteiger partial charge in [0.05, 0.1) is 0 Å². The van der Waals surface area contributed by atoms with Crippen molar-refractivity contribution in [3.8, 4) is 0 Å². The monoisotopic (exact) mass is 304 g/mol. The van der Waals surface area contributed by atoms with Gasteiger partial charge in [-0.25, -0.2) is 4.72 Å². The molecule has 0 spiro atoms. The second-order valence-electron chi connectivity index (χ2n) is 5.76. The van der Waals surface area contributed by atoms with Gasteiger partial charge in [-0.2, -0.15) is 12.7 Å². The molecule has 0 aromatic heterocycles. The van der Waals surface area contributed by atoms with Gasteiger partial charge in [-0.1, -0.05) is 13.3 Å². The number of nitrogens with zero attached hydrogens (tertiary/aromatic N) is 2. The maximum atomic E-state index is 12.4. The molecule has 1 heterocycles. The number of piperidine rings is 1. The summed E-state index contributed by atoms with van der Waals surface area (Å²) in [7, 11) is -3.38. The first-order chi connectivity index (χ1) is 9.58. The van der Waals surface area contributed by atoms with Gasteiger partial charge < -0.3 is 5.73 Å². The maximum Gasteiger partial charge on any atom is 0.279 e. The zero-order valence-electron chi connectivity index (χ0n) is 12.4. The van der Waals surface area contributed by atoms with Gasteiger partial charge in [0, 0.05) is 38.3 Å². The summed E-state index contributed by atoms with van der Waals surface area (Å²) in [6, 6.07) is 0.642. The van der Waals surface area contributed by atoms with Gasteiger partial charge >= 0.3 is 0 Å². The quantitative estimate of drug-likeness (QED) is 0.667. The van der Waals surface area contributed by atoms with Crippen molar-refractivity contribution >= 4 is 10.2 Å². The van der Waals surface area contributed by atoms with E-state index in [-0.39, 0.29) is 6.04 Å². The van der Waals surface area contributed by atoms with E-state index < -0.39 is 10.2 Å². The summed E-state index contributed by atoms with van der Waals surface area (Å²) in [6.45, 7) is 5.40. The number of nitrogens with two attached hydrogens (primary N) is 1. The average Bonchev–Trinajstić information content (AvgIpc) is 3.28. The molecule has 0 radical (unpaired) electrons. The number of hydrogen-bond acceptors (Lipinski definition) is 4. The highest BCUT2D eigenvalue weighted by Crippen LogP contribution is 2.26. The van der Waals surface area contributed by atoms with Crippen LogP contribution in [0.5, 0.6) is 0 Å². The van der Waals surface area contributed by atoms with Crippen LogP contribution in [0.15, 0.2) is 0 Å². The van der Waals surface area contributed by atoms with E-state index in [1.807, 2.05) is 0 Å². The van der Waals surface area contributed by atoms with Gasteiger partial charge in [0.25, 0.3) is 10.2 Å². The Morgan fingerprint density at radius 3 is 2.65 bits per heavy atom. The molecule has 2 aliphatic rings. The van der Waals surface area contributed by atoms with E-state index in [4.69, 9.17) is 5.73 Å². The van der Waals surface area contributed by atoms with Crippen LogP contribution in [0.4, 0.5) is 0 Å². The molecule has 1 aliphatic carbocycles. The minimum absolute atomic E-state index is 0.0352. The van der Waals surface area contributed by atoms with E-state index in [0.29, 0.717) is 25.7 Å². The topological polar surface area (TPSA) is 78.7 Å². The smallest absolute Gasteiger partial charge is 0.279 e. The molecule has 2 rings (SSSR count). The van der Waals surface area contributed by atoms with Gasteiger partial charge in [0.15, 0.2) is 0 Å². The Kier molecular flexibility index (Phi) is 5.80. The van der Waals surface area contributed by atoms with Crippen molar-refractivity contribution < 1.29 is 8.42 Å². The average molecular weight is 304 g/mol. The van der Waals surface area contributed by atoms with E-state index in [1.165, 1.54) is 12.8 Å². The number of hydrogen-bond donors (Lipinski definition) is 2.